The van der Waals surface area contributed by atoms with Gasteiger partial charge in [-0.3, -0.25) is 4.98 Å². The quantitative estimate of drug-likeness (QED) is 0.243. The van der Waals surface area contributed by atoms with Gasteiger partial charge in [0, 0.05) is 48.4 Å². The minimum atomic E-state index is -0.302. The van der Waals surface area contributed by atoms with E-state index in [4.69, 9.17) is 4.98 Å². The van der Waals surface area contributed by atoms with Crippen LogP contribution in [0.25, 0.3) is 16.7 Å². The predicted octanol–water partition coefficient (Wildman–Crippen LogP) is 9.56. The number of benzene rings is 3. The van der Waals surface area contributed by atoms with E-state index < -0.39 is 0 Å². The van der Waals surface area contributed by atoms with E-state index in [0.717, 1.165) is 13.0 Å². The molecule has 0 spiro atoms. The summed E-state index contributed by atoms with van der Waals surface area (Å²) in [6.07, 6.45) is 12.4. The molecule has 218 valence electrons. The number of fused-ring (bicyclic) bond motifs is 5. The molecule has 0 amide bonds. The van der Waals surface area contributed by atoms with Crippen molar-refractivity contribution in [3.05, 3.63) is 156 Å². The first-order valence-electron chi connectivity index (χ1n) is 15.9. The Labute approximate surface area is 261 Å². The highest BCUT2D eigenvalue weighted by Crippen LogP contribution is 2.69. The van der Waals surface area contributed by atoms with Crippen LogP contribution in [-0.4, -0.2) is 23.5 Å². The summed E-state index contributed by atoms with van der Waals surface area (Å²) in [5, 5.41) is 0. The maximum atomic E-state index is 5.18. The van der Waals surface area contributed by atoms with Crippen LogP contribution < -0.4 is 4.90 Å². The zero-order chi connectivity index (χ0) is 30.1. The third-order valence-electron chi connectivity index (χ3n) is 11.1. The standard InChI is InChI=1S/C41H39N3/c1-28-33-27-37-34(26-35(33)41(40(28,2)3,38-22-12-14-24-42-38)39-23-13-15-25-43(39)4)31-19-9-8-18-30(31)32-20-10-11-21-36(32)44(37)29-16-6-5-7-17-29/h5-24,27-28,35H,25-26H2,1-4H3/t28-,35?,41?/m1/s1. The van der Waals surface area contributed by atoms with E-state index in [9.17, 15) is 0 Å². The Morgan fingerprint density at radius 1 is 0.795 bits per heavy atom. The molecule has 0 bridgehead atoms. The molecule has 2 aliphatic heterocycles. The third-order valence-corrected chi connectivity index (χ3v) is 11.1. The zero-order valence-corrected chi connectivity index (χ0v) is 26.0. The summed E-state index contributed by atoms with van der Waals surface area (Å²) in [5.74, 6) is 0.600. The number of rotatable bonds is 3. The molecule has 8 rings (SSSR count). The molecule has 3 heterocycles. The summed E-state index contributed by atoms with van der Waals surface area (Å²) in [7, 11) is 2.25. The highest BCUT2D eigenvalue weighted by molar-refractivity contribution is 5.97. The number of likely N-dealkylation sites (N-methyl/N-ethyl adjacent to an activating group) is 1. The van der Waals surface area contributed by atoms with Gasteiger partial charge >= 0.3 is 0 Å². The van der Waals surface area contributed by atoms with E-state index in [0.29, 0.717) is 5.92 Å². The molecule has 3 nitrogen and oxygen atoms in total. The lowest BCUT2D eigenvalue weighted by Gasteiger charge is -2.51. The van der Waals surface area contributed by atoms with Crippen LogP contribution >= 0.6 is 0 Å². The van der Waals surface area contributed by atoms with Crippen molar-refractivity contribution in [2.45, 2.75) is 32.6 Å². The second-order valence-electron chi connectivity index (χ2n) is 13.3. The maximum Gasteiger partial charge on any atom is 0.0649 e. The molecule has 0 radical (unpaired) electrons. The van der Waals surface area contributed by atoms with Crippen LogP contribution in [0, 0.1) is 17.3 Å². The number of hydrogen-bond acceptors (Lipinski definition) is 3. The predicted molar refractivity (Wildman–Crippen MR) is 182 cm³/mol. The van der Waals surface area contributed by atoms with Crippen molar-refractivity contribution in [3.63, 3.8) is 0 Å². The van der Waals surface area contributed by atoms with Crippen molar-refractivity contribution in [3.8, 4) is 11.1 Å². The van der Waals surface area contributed by atoms with Crippen molar-refractivity contribution < 1.29 is 0 Å². The third kappa shape index (κ3) is 3.59. The first-order valence-corrected chi connectivity index (χ1v) is 15.9. The largest absolute Gasteiger partial charge is 0.373 e. The molecule has 2 aliphatic carbocycles. The Morgan fingerprint density at radius 2 is 1.50 bits per heavy atom. The minimum Gasteiger partial charge on any atom is -0.373 e. The van der Waals surface area contributed by atoms with Gasteiger partial charge in [-0.2, -0.15) is 0 Å². The first kappa shape index (κ1) is 27.0. The molecule has 1 saturated carbocycles. The van der Waals surface area contributed by atoms with E-state index in [-0.39, 0.29) is 16.7 Å². The van der Waals surface area contributed by atoms with Gasteiger partial charge in [0.1, 0.15) is 0 Å². The Kier molecular flexibility index (Phi) is 6.10. The van der Waals surface area contributed by atoms with Gasteiger partial charge in [-0.15, -0.1) is 0 Å². The fourth-order valence-electron chi connectivity index (χ4n) is 8.90. The summed E-state index contributed by atoms with van der Waals surface area (Å²) < 4.78 is 0. The molecule has 44 heavy (non-hydrogen) atoms. The second-order valence-corrected chi connectivity index (χ2v) is 13.3. The molecule has 3 heteroatoms. The maximum absolute atomic E-state index is 5.18. The van der Waals surface area contributed by atoms with Crippen LogP contribution in [0.1, 0.15) is 38.4 Å². The van der Waals surface area contributed by atoms with E-state index in [1.165, 1.54) is 56.3 Å². The van der Waals surface area contributed by atoms with E-state index in [1.54, 1.807) is 0 Å². The molecule has 2 unspecified atom stereocenters. The van der Waals surface area contributed by atoms with Crippen molar-refractivity contribution in [1.29, 1.82) is 0 Å². The van der Waals surface area contributed by atoms with Gasteiger partial charge < -0.3 is 9.80 Å². The van der Waals surface area contributed by atoms with Crippen LogP contribution in [-0.2, 0) is 5.41 Å². The van der Waals surface area contributed by atoms with Gasteiger partial charge in [-0.1, -0.05) is 105 Å². The highest BCUT2D eigenvalue weighted by Gasteiger charge is 2.65. The van der Waals surface area contributed by atoms with E-state index in [1.807, 2.05) is 6.20 Å². The summed E-state index contributed by atoms with van der Waals surface area (Å²) in [4.78, 5) is 10.2. The average molecular weight is 574 g/mol. The van der Waals surface area contributed by atoms with Crippen molar-refractivity contribution in [1.82, 2.24) is 9.88 Å². The van der Waals surface area contributed by atoms with Gasteiger partial charge in [0.25, 0.3) is 0 Å². The lowest BCUT2D eigenvalue weighted by molar-refractivity contribution is 0.128. The van der Waals surface area contributed by atoms with Crippen molar-refractivity contribution in [2.75, 3.05) is 18.5 Å². The smallest absolute Gasteiger partial charge is 0.0649 e. The lowest BCUT2D eigenvalue weighted by atomic mass is 9.56. The Bertz CT molecular complexity index is 1880. The first-order chi connectivity index (χ1) is 21.4. The number of anilines is 2. The molecular formula is C41H39N3. The molecule has 3 aromatic carbocycles. The summed E-state index contributed by atoms with van der Waals surface area (Å²) in [6, 6.07) is 35.4. The lowest BCUT2D eigenvalue weighted by Crippen LogP contribution is -2.51. The molecule has 1 aromatic heterocycles. The minimum absolute atomic E-state index is 0.0944. The van der Waals surface area contributed by atoms with Crippen LogP contribution in [0.3, 0.4) is 0 Å². The second kappa shape index (κ2) is 9.95. The Hall–Kier alpha value is -4.63. The Morgan fingerprint density at radius 3 is 2.25 bits per heavy atom. The number of allylic oxidation sites excluding steroid dienone is 6. The topological polar surface area (TPSA) is 19.4 Å². The molecule has 0 saturated heterocycles. The monoisotopic (exact) mass is 573 g/mol. The number of aromatic nitrogens is 1. The van der Waals surface area contributed by atoms with Crippen LogP contribution in [0.4, 0.5) is 11.4 Å². The zero-order valence-electron chi connectivity index (χ0n) is 26.0. The SMILES string of the molecule is C[C@@H]1C2=CC3=C(CC2C(C2=CC=CCN2C)(c2ccccn2)C1(C)C)c1ccccc1-c1ccccc1N3c1ccccc1. The fraction of sp³-hybridized carbons (Fsp3) is 0.244. The highest BCUT2D eigenvalue weighted by atomic mass is 15.2. The van der Waals surface area contributed by atoms with Gasteiger partial charge in [0.05, 0.1) is 16.8 Å². The van der Waals surface area contributed by atoms with Gasteiger partial charge in [0.15, 0.2) is 0 Å². The average Bonchev–Trinajstić information content (AvgIpc) is 3.15. The summed E-state index contributed by atoms with van der Waals surface area (Å²) in [6.45, 7) is 8.34. The molecule has 3 atom stereocenters. The molecule has 4 aliphatic rings. The molecule has 1 fully saturated rings. The summed E-state index contributed by atoms with van der Waals surface area (Å²) >= 11 is 0. The van der Waals surface area contributed by atoms with Gasteiger partial charge in [0.2, 0.25) is 0 Å². The van der Waals surface area contributed by atoms with Crippen molar-refractivity contribution >= 4 is 16.9 Å². The van der Waals surface area contributed by atoms with Gasteiger partial charge in [-0.25, -0.2) is 0 Å². The Balaban J connectivity index is 1.44. The molecule has 4 aromatic rings. The van der Waals surface area contributed by atoms with Crippen molar-refractivity contribution in [2.24, 2.45) is 17.3 Å². The van der Waals surface area contributed by atoms with Crippen LogP contribution in [0.5, 0.6) is 0 Å². The van der Waals surface area contributed by atoms with E-state index in [2.05, 4.69) is 159 Å². The van der Waals surface area contributed by atoms with Gasteiger partial charge in [-0.05, 0) is 76.9 Å². The number of nitrogens with zero attached hydrogens (tertiary/aromatic N) is 3. The molecule has 0 N–H and O–H groups in total. The fourth-order valence-corrected chi connectivity index (χ4v) is 8.90. The van der Waals surface area contributed by atoms with Crippen LogP contribution in [0.15, 0.2) is 145 Å². The van der Waals surface area contributed by atoms with E-state index >= 15 is 0 Å². The molecular weight excluding hydrogens is 534 g/mol. The number of hydrogen-bond donors (Lipinski definition) is 0. The van der Waals surface area contributed by atoms with Crippen LogP contribution in [0.2, 0.25) is 0 Å². The summed E-state index contributed by atoms with van der Waals surface area (Å²) in [5.41, 5.74) is 12.7. The number of para-hydroxylation sites is 2. The normalized spacial score (nSPS) is 24.9. The number of pyridine rings is 1.